The van der Waals surface area contributed by atoms with Crippen LogP contribution in [0, 0.1) is 6.92 Å². The topological polar surface area (TPSA) is 86.5 Å². The SMILES string of the molecule is CCCCCCOC(=O)c1csc(S(N)(=O)=O)c1C. The monoisotopic (exact) mass is 305 g/mol. The molecule has 0 unspecified atom stereocenters. The van der Waals surface area contributed by atoms with Crippen LogP contribution in [0.25, 0.3) is 0 Å². The fraction of sp³-hybridized carbons (Fsp3) is 0.583. The van der Waals surface area contributed by atoms with Crippen LogP contribution in [0.1, 0.15) is 48.5 Å². The van der Waals surface area contributed by atoms with Gasteiger partial charge in [-0.05, 0) is 18.9 Å². The molecule has 0 bridgehead atoms. The summed E-state index contributed by atoms with van der Waals surface area (Å²) in [7, 11) is -3.77. The number of thiophene rings is 1. The quantitative estimate of drug-likeness (QED) is 0.619. The third kappa shape index (κ3) is 4.59. The normalized spacial score (nSPS) is 11.5. The van der Waals surface area contributed by atoms with E-state index in [1.165, 1.54) is 5.38 Å². The summed E-state index contributed by atoms with van der Waals surface area (Å²) in [4.78, 5) is 11.8. The number of unbranched alkanes of at least 4 members (excludes halogenated alkanes) is 3. The first-order valence-electron chi connectivity index (χ1n) is 6.16. The van der Waals surface area contributed by atoms with E-state index in [4.69, 9.17) is 9.88 Å². The molecule has 108 valence electrons. The van der Waals surface area contributed by atoms with Gasteiger partial charge in [0.25, 0.3) is 0 Å². The maximum absolute atomic E-state index is 11.8. The van der Waals surface area contributed by atoms with Crippen molar-refractivity contribution in [2.24, 2.45) is 5.14 Å². The number of rotatable bonds is 7. The van der Waals surface area contributed by atoms with Crippen LogP contribution in [-0.4, -0.2) is 21.0 Å². The Labute approximate surface area is 117 Å². The van der Waals surface area contributed by atoms with Crippen molar-refractivity contribution in [1.82, 2.24) is 0 Å². The molecule has 0 aliphatic heterocycles. The number of hydrogen-bond donors (Lipinski definition) is 1. The number of sulfonamides is 1. The zero-order valence-corrected chi connectivity index (χ0v) is 12.8. The predicted molar refractivity (Wildman–Crippen MR) is 74.9 cm³/mol. The summed E-state index contributed by atoms with van der Waals surface area (Å²) in [5.74, 6) is -0.486. The van der Waals surface area contributed by atoms with Crippen molar-refractivity contribution in [3.63, 3.8) is 0 Å². The van der Waals surface area contributed by atoms with Crippen LogP contribution >= 0.6 is 11.3 Å². The molecule has 7 heteroatoms. The number of hydrogen-bond acceptors (Lipinski definition) is 5. The Morgan fingerprint density at radius 3 is 2.58 bits per heavy atom. The van der Waals surface area contributed by atoms with E-state index in [0.29, 0.717) is 12.2 Å². The van der Waals surface area contributed by atoms with Gasteiger partial charge in [-0.15, -0.1) is 11.3 Å². The van der Waals surface area contributed by atoms with Gasteiger partial charge in [0.05, 0.1) is 12.2 Å². The first-order chi connectivity index (χ1) is 8.88. The molecule has 19 heavy (non-hydrogen) atoms. The van der Waals surface area contributed by atoms with Crippen molar-refractivity contribution in [1.29, 1.82) is 0 Å². The molecule has 1 heterocycles. The molecule has 1 aromatic rings. The minimum Gasteiger partial charge on any atom is -0.462 e. The van der Waals surface area contributed by atoms with E-state index in [1.807, 2.05) is 0 Å². The Morgan fingerprint density at radius 1 is 1.37 bits per heavy atom. The fourth-order valence-electron chi connectivity index (χ4n) is 1.65. The van der Waals surface area contributed by atoms with Crippen LogP contribution in [0.4, 0.5) is 0 Å². The van der Waals surface area contributed by atoms with E-state index in [-0.39, 0.29) is 9.77 Å². The second-order valence-corrected chi connectivity index (χ2v) is 6.94. The molecule has 0 amide bonds. The van der Waals surface area contributed by atoms with Crippen molar-refractivity contribution < 1.29 is 17.9 Å². The number of esters is 1. The zero-order chi connectivity index (χ0) is 14.5. The second kappa shape index (κ2) is 7.02. The Morgan fingerprint density at radius 2 is 2.05 bits per heavy atom. The number of primary sulfonamides is 1. The Balaban J connectivity index is 2.61. The standard InChI is InChI=1S/C12H19NO4S2/c1-3-4-5-6-7-17-11(14)10-8-18-12(9(10)2)19(13,15)16/h8H,3-7H2,1-2H3,(H2,13,15,16). The molecular formula is C12H19NO4S2. The highest BCUT2D eigenvalue weighted by molar-refractivity contribution is 7.91. The van der Waals surface area contributed by atoms with Gasteiger partial charge < -0.3 is 4.74 Å². The third-order valence-electron chi connectivity index (χ3n) is 2.70. The summed E-state index contributed by atoms with van der Waals surface area (Å²) in [5, 5.41) is 6.53. The largest absolute Gasteiger partial charge is 0.462 e. The molecular weight excluding hydrogens is 286 g/mol. The van der Waals surface area contributed by atoms with Gasteiger partial charge in [-0.3, -0.25) is 0 Å². The third-order valence-corrected chi connectivity index (χ3v) is 5.39. The van der Waals surface area contributed by atoms with E-state index >= 15 is 0 Å². The second-order valence-electron chi connectivity index (χ2n) is 4.30. The van der Waals surface area contributed by atoms with Gasteiger partial charge in [-0.1, -0.05) is 26.2 Å². The smallest absolute Gasteiger partial charge is 0.339 e. The van der Waals surface area contributed by atoms with Crippen LogP contribution < -0.4 is 5.14 Å². The Bertz CT molecular complexity index is 534. The highest BCUT2D eigenvalue weighted by Gasteiger charge is 2.21. The van der Waals surface area contributed by atoms with E-state index in [1.54, 1.807) is 6.92 Å². The molecule has 0 aromatic carbocycles. The maximum atomic E-state index is 11.8. The summed E-state index contributed by atoms with van der Waals surface area (Å²) < 4.78 is 27.6. The van der Waals surface area contributed by atoms with Gasteiger partial charge in [0.15, 0.2) is 0 Å². The van der Waals surface area contributed by atoms with Crippen molar-refractivity contribution in [2.45, 2.75) is 43.7 Å². The van der Waals surface area contributed by atoms with Gasteiger partial charge in [-0.2, -0.15) is 0 Å². The molecule has 0 aliphatic carbocycles. The van der Waals surface area contributed by atoms with Crippen molar-refractivity contribution >= 4 is 27.3 Å². The Kier molecular flexibility index (Phi) is 5.96. The van der Waals surface area contributed by atoms with Crippen LogP contribution in [0.5, 0.6) is 0 Å². The maximum Gasteiger partial charge on any atom is 0.339 e. The lowest BCUT2D eigenvalue weighted by atomic mass is 10.2. The van der Waals surface area contributed by atoms with Gasteiger partial charge in [-0.25, -0.2) is 18.4 Å². The average molecular weight is 305 g/mol. The molecule has 5 nitrogen and oxygen atoms in total. The van der Waals surface area contributed by atoms with Gasteiger partial charge in [0.2, 0.25) is 10.0 Å². The lowest BCUT2D eigenvalue weighted by Gasteiger charge is -2.04. The first-order valence-corrected chi connectivity index (χ1v) is 8.58. The first kappa shape index (κ1) is 16.1. The van der Waals surface area contributed by atoms with Crippen molar-refractivity contribution in [2.75, 3.05) is 6.61 Å². The molecule has 0 saturated heterocycles. The highest BCUT2D eigenvalue weighted by atomic mass is 32.2. The lowest BCUT2D eigenvalue weighted by Crippen LogP contribution is -2.13. The molecule has 1 rings (SSSR count). The minimum atomic E-state index is -3.77. The van der Waals surface area contributed by atoms with Crippen LogP contribution in [0.2, 0.25) is 0 Å². The van der Waals surface area contributed by atoms with Crippen LogP contribution in [0.3, 0.4) is 0 Å². The number of carbonyl (C=O) groups is 1. The molecule has 1 aromatic heterocycles. The average Bonchev–Trinajstić information content (AvgIpc) is 2.70. The summed E-state index contributed by atoms with van der Waals surface area (Å²) in [6.45, 7) is 4.03. The number of ether oxygens (including phenoxy) is 1. The van der Waals surface area contributed by atoms with E-state index in [2.05, 4.69) is 6.92 Å². The summed E-state index contributed by atoms with van der Waals surface area (Å²) >= 11 is 0.945. The van der Waals surface area contributed by atoms with Crippen LogP contribution in [0.15, 0.2) is 9.59 Å². The van der Waals surface area contributed by atoms with E-state index < -0.39 is 16.0 Å². The molecule has 0 spiro atoms. The van der Waals surface area contributed by atoms with Gasteiger partial charge in [0.1, 0.15) is 4.21 Å². The minimum absolute atomic E-state index is 0.0189. The molecule has 2 N–H and O–H groups in total. The van der Waals surface area contributed by atoms with E-state index in [0.717, 1.165) is 37.0 Å². The highest BCUT2D eigenvalue weighted by Crippen LogP contribution is 2.26. The summed E-state index contributed by atoms with van der Waals surface area (Å²) in [6.07, 6.45) is 4.08. The number of nitrogens with two attached hydrogens (primary N) is 1. The van der Waals surface area contributed by atoms with Crippen molar-refractivity contribution in [3.8, 4) is 0 Å². The van der Waals surface area contributed by atoms with Crippen LogP contribution in [-0.2, 0) is 14.8 Å². The lowest BCUT2D eigenvalue weighted by molar-refractivity contribution is 0.0497. The van der Waals surface area contributed by atoms with E-state index in [9.17, 15) is 13.2 Å². The number of carbonyl (C=O) groups excluding carboxylic acids is 1. The Hall–Kier alpha value is -0.920. The van der Waals surface area contributed by atoms with Gasteiger partial charge >= 0.3 is 5.97 Å². The molecule has 0 atom stereocenters. The van der Waals surface area contributed by atoms with Gasteiger partial charge in [0, 0.05) is 5.38 Å². The summed E-state index contributed by atoms with van der Waals surface area (Å²) in [5.41, 5.74) is 0.649. The fourth-order valence-corrected chi connectivity index (χ4v) is 3.65. The molecule has 0 saturated carbocycles. The zero-order valence-electron chi connectivity index (χ0n) is 11.1. The summed E-state index contributed by atoms with van der Waals surface area (Å²) in [6, 6.07) is 0. The molecule has 0 aliphatic rings. The van der Waals surface area contributed by atoms with Crippen molar-refractivity contribution in [3.05, 3.63) is 16.5 Å². The molecule has 0 fully saturated rings. The molecule has 0 radical (unpaired) electrons. The predicted octanol–water partition coefficient (Wildman–Crippen LogP) is 2.44.